The van der Waals surface area contributed by atoms with Crippen LogP contribution in [0.2, 0.25) is 0 Å². The van der Waals surface area contributed by atoms with E-state index in [9.17, 15) is 0 Å². The average molecular weight is 141 g/mol. The molecule has 0 bridgehead atoms. The lowest BCUT2D eigenvalue weighted by atomic mass is 9.80. The van der Waals surface area contributed by atoms with Crippen LogP contribution in [0.4, 0.5) is 0 Å². The van der Waals surface area contributed by atoms with Gasteiger partial charge in [-0.25, -0.2) is 0 Å². The second-order valence-corrected chi connectivity index (χ2v) is 3.56. The van der Waals surface area contributed by atoms with E-state index >= 15 is 0 Å². The van der Waals surface area contributed by atoms with Crippen molar-refractivity contribution in [3.63, 3.8) is 0 Å². The Hall–Kier alpha value is -0.0800. The summed E-state index contributed by atoms with van der Waals surface area (Å²) >= 11 is 0. The zero-order valence-electron chi connectivity index (χ0n) is 6.47. The van der Waals surface area contributed by atoms with Crippen LogP contribution in [-0.2, 0) is 4.74 Å². The van der Waals surface area contributed by atoms with Crippen molar-refractivity contribution in [2.75, 3.05) is 13.2 Å². The Labute approximate surface area is 61.9 Å². The van der Waals surface area contributed by atoms with Gasteiger partial charge in [-0.2, -0.15) is 0 Å². The van der Waals surface area contributed by atoms with Crippen molar-refractivity contribution in [1.82, 2.24) is 5.32 Å². The predicted molar refractivity (Wildman–Crippen MR) is 39.9 cm³/mol. The second-order valence-electron chi connectivity index (χ2n) is 3.56. The molecular weight excluding hydrogens is 126 g/mol. The number of nitrogens with one attached hydrogen (secondary N) is 1. The summed E-state index contributed by atoms with van der Waals surface area (Å²) in [6.45, 7) is 4.19. The fourth-order valence-corrected chi connectivity index (χ4v) is 1.55. The van der Waals surface area contributed by atoms with E-state index in [-0.39, 0.29) is 0 Å². The molecule has 1 saturated carbocycles. The van der Waals surface area contributed by atoms with Crippen LogP contribution >= 0.6 is 0 Å². The Morgan fingerprint density at radius 3 is 2.40 bits per heavy atom. The number of ether oxygens (including phenoxy) is 1. The average Bonchev–Trinajstić information content (AvgIpc) is 1.82. The van der Waals surface area contributed by atoms with E-state index < -0.39 is 0 Å². The minimum Gasteiger partial charge on any atom is -0.378 e. The molecule has 2 unspecified atom stereocenters. The molecule has 58 valence electrons. The van der Waals surface area contributed by atoms with Gasteiger partial charge in [0.15, 0.2) is 0 Å². The SMILES string of the molecule is CC1CCC1NC1COC1. The van der Waals surface area contributed by atoms with Gasteiger partial charge in [0.25, 0.3) is 0 Å². The minimum atomic E-state index is 0.674. The van der Waals surface area contributed by atoms with Crippen LogP contribution in [0.15, 0.2) is 0 Å². The lowest BCUT2D eigenvalue weighted by Gasteiger charge is -2.40. The van der Waals surface area contributed by atoms with Crippen LogP contribution in [0.25, 0.3) is 0 Å². The van der Waals surface area contributed by atoms with Gasteiger partial charge < -0.3 is 10.1 Å². The second kappa shape index (κ2) is 2.51. The summed E-state index contributed by atoms with van der Waals surface area (Å²) in [6, 6.07) is 1.47. The Morgan fingerprint density at radius 1 is 1.30 bits per heavy atom. The summed E-state index contributed by atoms with van der Waals surface area (Å²) in [7, 11) is 0. The van der Waals surface area contributed by atoms with Crippen molar-refractivity contribution in [2.45, 2.75) is 31.8 Å². The molecule has 1 N–H and O–H groups in total. The molecule has 1 aliphatic heterocycles. The van der Waals surface area contributed by atoms with Crippen molar-refractivity contribution < 1.29 is 4.74 Å². The van der Waals surface area contributed by atoms with Crippen LogP contribution in [0.1, 0.15) is 19.8 Å². The first-order valence-corrected chi connectivity index (χ1v) is 4.20. The van der Waals surface area contributed by atoms with E-state index in [1.54, 1.807) is 0 Å². The van der Waals surface area contributed by atoms with Crippen LogP contribution in [-0.4, -0.2) is 25.3 Å². The molecular formula is C8H15NO. The maximum Gasteiger partial charge on any atom is 0.0643 e. The van der Waals surface area contributed by atoms with E-state index in [1.807, 2.05) is 0 Å². The highest BCUT2D eigenvalue weighted by Crippen LogP contribution is 2.27. The van der Waals surface area contributed by atoms with Crippen molar-refractivity contribution in [2.24, 2.45) is 5.92 Å². The Morgan fingerprint density at radius 2 is 2.10 bits per heavy atom. The minimum absolute atomic E-state index is 0.674. The maximum atomic E-state index is 5.08. The van der Waals surface area contributed by atoms with Crippen molar-refractivity contribution in [1.29, 1.82) is 0 Å². The third-order valence-electron chi connectivity index (χ3n) is 2.71. The van der Waals surface area contributed by atoms with Gasteiger partial charge in [-0.05, 0) is 18.8 Å². The fourth-order valence-electron chi connectivity index (χ4n) is 1.55. The zero-order valence-corrected chi connectivity index (χ0v) is 6.47. The molecule has 1 heterocycles. The first-order valence-electron chi connectivity index (χ1n) is 4.20. The number of hydrogen-bond donors (Lipinski definition) is 1. The topological polar surface area (TPSA) is 21.3 Å². The summed E-state index contributed by atoms with van der Waals surface area (Å²) in [5, 5.41) is 3.58. The summed E-state index contributed by atoms with van der Waals surface area (Å²) in [6.07, 6.45) is 2.78. The summed E-state index contributed by atoms with van der Waals surface area (Å²) in [5.74, 6) is 0.903. The molecule has 0 amide bonds. The van der Waals surface area contributed by atoms with Gasteiger partial charge in [-0.3, -0.25) is 0 Å². The Kier molecular flexibility index (Phi) is 1.66. The van der Waals surface area contributed by atoms with E-state index in [0.717, 1.165) is 25.2 Å². The third-order valence-corrected chi connectivity index (χ3v) is 2.71. The third kappa shape index (κ3) is 1.06. The van der Waals surface area contributed by atoms with Gasteiger partial charge >= 0.3 is 0 Å². The monoisotopic (exact) mass is 141 g/mol. The van der Waals surface area contributed by atoms with Gasteiger partial charge in [0.1, 0.15) is 0 Å². The molecule has 0 aromatic rings. The molecule has 2 nitrogen and oxygen atoms in total. The molecule has 2 atom stereocenters. The molecule has 1 saturated heterocycles. The fraction of sp³-hybridized carbons (Fsp3) is 1.00. The Balaban J connectivity index is 1.69. The van der Waals surface area contributed by atoms with Crippen LogP contribution in [0.5, 0.6) is 0 Å². The smallest absolute Gasteiger partial charge is 0.0643 e. The summed E-state index contributed by atoms with van der Waals surface area (Å²) in [4.78, 5) is 0. The molecule has 0 spiro atoms. The molecule has 0 aromatic carbocycles. The van der Waals surface area contributed by atoms with Crippen LogP contribution in [0.3, 0.4) is 0 Å². The molecule has 10 heavy (non-hydrogen) atoms. The first kappa shape index (κ1) is 6.62. The van der Waals surface area contributed by atoms with Gasteiger partial charge in [-0.15, -0.1) is 0 Å². The lowest BCUT2D eigenvalue weighted by Crippen LogP contribution is -2.55. The summed E-state index contributed by atoms with van der Waals surface area (Å²) in [5.41, 5.74) is 0. The Bertz CT molecular complexity index is 122. The van der Waals surface area contributed by atoms with E-state index in [0.29, 0.717) is 6.04 Å². The van der Waals surface area contributed by atoms with E-state index in [4.69, 9.17) is 4.74 Å². The number of rotatable bonds is 2. The normalized spacial score (nSPS) is 40.5. The standard InChI is InChI=1S/C8H15NO/c1-6-2-3-8(6)9-7-4-10-5-7/h6-9H,2-5H2,1H3. The molecule has 2 rings (SSSR count). The zero-order chi connectivity index (χ0) is 6.97. The van der Waals surface area contributed by atoms with Gasteiger partial charge in [0.05, 0.1) is 19.3 Å². The first-order chi connectivity index (χ1) is 4.86. The molecule has 2 heteroatoms. The quantitative estimate of drug-likeness (QED) is 0.613. The largest absolute Gasteiger partial charge is 0.378 e. The lowest BCUT2D eigenvalue weighted by molar-refractivity contribution is -0.0195. The number of hydrogen-bond acceptors (Lipinski definition) is 2. The van der Waals surface area contributed by atoms with Crippen molar-refractivity contribution in [3.8, 4) is 0 Å². The molecule has 2 fully saturated rings. The predicted octanol–water partition coefficient (Wildman–Crippen LogP) is 0.773. The van der Waals surface area contributed by atoms with Crippen molar-refractivity contribution in [3.05, 3.63) is 0 Å². The van der Waals surface area contributed by atoms with E-state index in [2.05, 4.69) is 12.2 Å². The molecule has 2 aliphatic rings. The van der Waals surface area contributed by atoms with Crippen LogP contribution < -0.4 is 5.32 Å². The van der Waals surface area contributed by atoms with Gasteiger partial charge in [-0.1, -0.05) is 6.92 Å². The highest BCUT2D eigenvalue weighted by molar-refractivity contribution is 4.88. The van der Waals surface area contributed by atoms with Gasteiger partial charge in [0, 0.05) is 6.04 Å². The van der Waals surface area contributed by atoms with Gasteiger partial charge in [0.2, 0.25) is 0 Å². The van der Waals surface area contributed by atoms with Crippen molar-refractivity contribution >= 4 is 0 Å². The molecule has 0 radical (unpaired) electrons. The molecule has 1 aliphatic carbocycles. The van der Waals surface area contributed by atoms with Crippen LogP contribution in [0, 0.1) is 5.92 Å². The highest BCUT2D eigenvalue weighted by atomic mass is 16.5. The molecule has 0 aromatic heterocycles. The van der Waals surface area contributed by atoms with E-state index in [1.165, 1.54) is 12.8 Å². The summed E-state index contributed by atoms with van der Waals surface area (Å²) < 4.78 is 5.08. The highest BCUT2D eigenvalue weighted by Gasteiger charge is 2.30. The maximum absolute atomic E-state index is 5.08.